The minimum Gasteiger partial charge on any atom is -0.447 e. The average Bonchev–Trinajstić information content (AvgIpc) is 3.01. The largest absolute Gasteiger partial charge is 0.447 e. The fourth-order valence-electron chi connectivity index (χ4n) is 7.02. The van der Waals surface area contributed by atoms with E-state index in [-0.39, 0.29) is 56.0 Å². The molecule has 0 spiro atoms. The van der Waals surface area contributed by atoms with Gasteiger partial charge in [0.15, 0.2) is 6.10 Å². The molecule has 1 N–H and O–H groups in total. The van der Waals surface area contributed by atoms with Gasteiger partial charge in [-0.2, -0.15) is 8.61 Å². The highest BCUT2D eigenvalue weighted by molar-refractivity contribution is 7.89. The highest BCUT2D eigenvalue weighted by atomic mass is 32.2. The summed E-state index contributed by atoms with van der Waals surface area (Å²) in [6.07, 6.45) is 1.12. The third-order valence-electron chi connectivity index (χ3n) is 9.63. The van der Waals surface area contributed by atoms with Gasteiger partial charge in [-0.05, 0) is 81.5 Å². The smallest absolute Gasteiger partial charge is 0.418 e. The number of ether oxygens (including phenoxy) is 1. The second-order valence-electron chi connectivity index (χ2n) is 14.4. The lowest BCUT2D eigenvalue weighted by molar-refractivity contribution is -0.0695. The third-order valence-corrected chi connectivity index (χ3v) is 13.3. The Morgan fingerprint density at radius 2 is 1.19 bits per heavy atom. The van der Waals surface area contributed by atoms with Crippen LogP contribution in [0.15, 0.2) is 56.5 Å². The summed E-state index contributed by atoms with van der Waals surface area (Å²) in [6, 6.07) is 9.03. The maximum atomic E-state index is 13.9. The summed E-state index contributed by atoms with van der Waals surface area (Å²) in [5.41, 5.74) is 0.481. The molecule has 2 aromatic rings. The van der Waals surface area contributed by atoms with Gasteiger partial charge in [0.05, 0.1) is 9.79 Å². The normalized spacial score (nSPS) is 24.6. The molecule has 0 amide bonds. The SMILES string of the molecule is CC(ON=C1c2ccc(S(=O)(=O)N3C[C@H](C)C[C@H](C)C3)cc2C(=NO)c2cc(S(=O)(=O)N3C[C@H](C)C[C@H](C)C3)ccc21)C(C)(C)O[C]=O. The van der Waals surface area contributed by atoms with Crippen LogP contribution in [0.4, 0.5) is 0 Å². The zero-order valence-electron chi connectivity index (χ0n) is 28.5. The summed E-state index contributed by atoms with van der Waals surface area (Å²) >= 11 is 0. The Morgan fingerprint density at radius 1 is 0.771 bits per heavy atom. The molecule has 0 saturated carbocycles. The molecule has 2 fully saturated rings. The molecule has 1 unspecified atom stereocenters. The van der Waals surface area contributed by atoms with Crippen molar-refractivity contribution < 1.29 is 36.4 Å². The van der Waals surface area contributed by atoms with Crippen molar-refractivity contribution in [1.82, 2.24) is 8.61 Å². The van der Waals surface area contributed by atoms with Crippen LogP contribution in [0.1, 0.15) is 83.6 Å². The third kappa shape index (κ3) is 6.89. The van der Waals surface area contributed by atoms with Crippen LogP contribution in [0.25, 0.3) is 0 Å². The topological polar surface area (TPSA) is 155 Å². The molecule has 5 rings (SSSR count). The first-order valence-electron chi connectivity index (χ1n) is 16.3. The molecule has 3 aliphatic rings. The first-order valence-corrected chi connectivity index (χ1v) is 19.2. The van der Waals surface area contributed by atoms with Crippen molar-refractivity contribution in [2.24, 2.45) is 34.0 Å². The minimum atomic E-state index is -3.93. The fraction of sp³-hybridized carbons (Fsp3) is 0.559. The van der Waals surface area contributed by atoms with E-state index in [9.17, 15) is 26.8 Å². The van der Waals surface area contributed by atoms with Gasteiger partial charge in [0.1, 0.15) is 17.0 Å². The minimum absolute atomic E-state index is 0.000997. The maximum absolute atomic E-state index is 13.9. The van der Waals surface area contributed by atoms with Crippen LogP contribution < -0.4 is 0 Å². The summed E-state index contributed by atoms with van der Waals surface area (Å²) in [7, 11) is -7.85. The predicted molar refractivity (Wildman–Crippen MR) is 181 cm³/mol. The standard InChI is InChI=1S/C34H45N4O8S2/c1-21-12-22(2)17-37(16-21)47(41,42)26-8-10-28-30(14-26)32(35-40)31-15-27(48(43,44)38-18-23(3)13-24(4)19-38)9-11-29(31)33(28)36-46-25(5)34(6,7)45-20-39/h8-11,14-15,21-25,40H,12-13,16-19H2,1-7H3/t21-,22+,23-,24+,25?. The van der Waals surface area contributed by atoms with E-state index in [1.807, 2.05) is 27.7 Å². The van der Waals surface area contributed by atoms with Crippen LogP contribution in [0.2, 0.25) is 0 Å². The van der Waals surface area contributed by atoms with Crippen molar-refractivity contribution in [3.8, 4) is 0 Å². The molecule has 5 atom stereocenters. The van der Waals surface area contributed by atoms with Crippen molar-refractivity contribution in [3.63, 3.8) is 0 Å². The summed E-state index contributed by atoms with van der Waals surface area (Å²) in [6.45, 7) is 16.0. The number of oxime groups is 2. The van der Waals surface area contributed by atoms with Gasteiger partial charge in [-0.3, -0.25) is 0 Å². The molecular weight excluding hydrogens is 657 g/mol. The molecule has 0 aromatic heterocycles. The molecule has 12 nitrogen and oxygen atoms in total. The average molecular weight is 702 g/mol. The van der Waals surface area contributed by atoms with E-state index >= 15 is 0 Å². The van der Waals surface area contributed by atoms with Gasteiger partial charge in [0, 0.05) is 48.4 Å². The summed E-state index contributed by atoms with van der Waals surface area (Å²) in [5, 5.41) is 18.4. The Balaban J connectivity index is 1.65. The molecule has 1 radical (unpaired) electrons. The van der Waals surface area contributed by atoms with Crippen LogP contribution in [-0.4, -0.2) is 86.4 Å². The summed E-state index contributed by atoms with van der Waals surface area (Å²) in [4.78, 5) is 16.8. The number of rotatable bonds is 9. The molecule has 1 aliphatic carbocycles. The highest BCUT2D eigenvalue weighted by Gasteiger charge is 2.37. The monoisotopic (exact) mass is 701 g/mol. The van der Waals surface area contributed by atoms with Crippen LogP contribution in [-0.2, 0) is 34.4 Å². The van der Waals surface area contributed by atoms with E-state index in [2.05, 4.69) is 10.3 Å². The molecule has 48 heavy (non-hydrogen) atoms. The second-order valence-corrected chi connectivity index (χ2v) is 18.3. The second kappa shape index (κ2) is 13.5. The van der Waals surface area contributed by atoms with E-state index in [0.717, 1.165) is 12.8 Å². The molecule has 2 saturated heterocycles. The molecule has 14 heteroatoms. The summed E-state index contributed by atoms with van der Waals surface area (Å²) in [5.74, 6) is 0.766. The van der Waals surface area contributed by atoms with Gasteiger partial charge in [0.2, 0.25) is 20.0 Å². The number of sulfonamides is 2. The molecule has 2 heterocycles. The van der Waals surface area contributed by atoms with Gasteiger partial charge in [-0.25, -0.2) is 21.6 Å². The predicted octanol–water partition coefficient (Wildman–Crippen LogP) is 4.58. The van der Waals surface area contributed by atoms with E-state index < -0.39 is 31.8 Å². The van der Waals surface area contributed by atoms with Crippen LogP contribution in [0.5, 0.6) is 0 Å². The Morgan fingerprint density at radius 3 is 1.56 bits per heavy atom. The number of fused-ring (bicyclic) bond motifs is 2. The van der Waals surface area contributed by atoms with E-state index in [0.29, 0.717) is 37.3 Å². The van der Waals surface area contributed by atoms with Crippen LogP contribution >= 0.6 is 0 Å². The Bertz CT molecular complexity index is 1710. The molecule has 261 valence electrons. The van der Waals surface area contributed by atoms with Crippen molar-refractivity contribution in [2.75, 3.05) is 26.2 Å². The van der Waals surface area contributed by atoms with Crippen molar-refractivity contribution >= 4 is 37.9 Å². The Labute approximate surface area is 283 Å². The number of benzene rings is 2. The number of piperidine rings is 2. The van der Waals surface area contributed by atoms with Gasteiger partial charge >= 0.3 is 6.47 Å². The van der Waals surface area contributed by atoms with Gasteiger partial charge in [-0.15, -0.1) is 0 Å². The van der Waals surface area contributed by atoms with Gasteiger partial charge < -0.3 is 14.8 Å². The molecule has 0 bridgehead atoms. The van der Waals surface area contributed by atoms with Crippen molar-refractivity contribution in [1.29, 1.82) is 0 Å². The first-order chi connectivity index (χ1) is 22.5. The van der Waals surface area contributed by atoms with Gasteiger partial charge in [0.25, 0.3) is 0 Å². The Kier molecular flexibility index (Phi) is 10.1. The van der Waals surface area contributed by atoms with Crippen LogP contribution in [0, 0.1) is 23.7 Å². The zero-order valence-corrected chi connectivity index (χ0v) is 30.1. The quantitative estimate of drug-likeness (QED) is 0.251. The van der Waals surface area contributed by atoms with Crippen molar-refractivity contribution in [2.45, 2.75) is 82.8 Å². The molecule has 2 aliphatic heterocycles. The molecular formula is C34H45N4O8S2. The maximum Gasteiger partial charge on any atom is 0.418 e. The lowest BCUT2D eigenvalue weighted by atomic mass is 9.83. The molecule has 2 aromatic carbocycles. The number of nitrogens with zero attached hydrogens (tertiary/aromatic N) is 4. The van der Waals surface area contributed by atoms with E-state index in [1.165, 1.54) is 39.3 Å². The highest BCUT2D eigenvalue weighted by Crippen LogP contribution is 2.35. The number of carbonyl (C=O) groups excluding carboxylic acids is 1. The van der Waals surface area contributed by atoms with Crippen molar-refractivity contribution in [3.05, 3.63) is 58.7 Å². The Hall–Kier alpha value is -3.33. The lowest BCUT2D eigenvalue weighted by Gasteiger charge is -2.34. The number of hydrogen-bond acceptors (Lipinski definition) is 10. The summed E-state index contributed by atoms with van der Waals surface area (Å²) < 4.78 is 63.7. The van der Waals surface area contributed by atoms with Crippen LogP contribution in [0.3, 0.4) is 0 Å². The number of hydrogen-bond donors (Lipinski definition) is 1. The first kappa shape index (κ1) is 36.0. The van der Waals surface area contributed by atoms with Gasteiger partial charge in [-0.1, -0.05) is 50.1 Å². The fourth-order valence-corrected chi connectivity index (χ4v) is 10.4. The lowest BCUT2D eigenvalue weighted by Crippen LogP contribution is -2.42. The zero-order chi connectivity index (χ0) is 35.2. The van der Waals surface area contributed by atoms with E-state index in [1.54, 1.807) is 32.9 Å². The van der Waals surface area contributed by atoms with E-state index in [4.69, 9.17) is 9.57 Å².